The van der Waals surface area contributed by atoms with E-state index in [9.17, 15) is 8.42 Å². The first-order valence-electron chi connectivity index (χ1n) is 5.70. The summed E-state index contributed by atoms with van der Waals surface area (Å²) in [6.45, 7) is 9.60. The Kier molecular flexibility index (Phi) is 4.97. The molecule has 0 fully saturated rings. The smallest absolute Gasteiger partial charge is 0.233 e. The molecule has 1 rings (SSSR count). The van der Waals surface area contributed by atoms with Gasteiger partial charge >= 0.3 is 0 Å². The summed E-state index contributed by atoms with van der Waals surface area (Å²) < 4.78 is 27.7. The number of halogens is 1. The van der Waals surface area contributed by atoms with Gasteiger partial charge in [0.15, 0.2) is 4.21 Å². The Balaban J connectivity index is 3.06. The van der Waals surface area contributed by atoms with Gasteiger partial charge in [-0.1, -0.05) is 13.8 Å². The van der Waals surface area contributed by atoms with Crippen molar-refractivity contribution >= 4 is 37.3 Å². The Labute approximate surface area is 121 Å². The van der Waals surface area contributed by atoms with Crippen molar-refractivity contribution in [2.45, 2.75) is 50.8 Å². The molecule has 0 amide bonds. The molecule has 0 aliphatic rings. The number of hydrogen-bond acceptors (Lipinski definition) is 4. The summed E-state index contributed by atoms with van der Waals surface area (Å²) in [5, 5.41) is 0.839. The van der Waals surface area contributed by atoms with E-state index in [4.69, 9.17) is 0 Å². The van der Waals surface area contributed by atoms with Gasteiger partial charge in [-0.15, -0.1) is 11.3 Å². The Morgan fingerprint density at radius 1 is 1.39 bits per heavy atom. The summed E-state index contributed by atoms with van der Waals surface area (Å²) >= 11 is 4.46. The molecule has 1 aromatic rings. The highest BCUT2D eigenvalue weighted by atomic mass is 79.9. The summed E-state index contributed by atoms with van der Waals surface area (Å²) in [6, 6.07) is 0. The van der Waals surface area contributed by atoms with E-state index in [0.717, 1.165) is 11.4 Å². The quantitative estimate of drug-likeness (QED) is 0.902. The SMILES string of the molecule is CC(C)Cc1nc(Br)c(S(=O)(=O)NC(C)(C)C)s1. The molecular formula is C11H19BrN2O2S2. The van der Waals surface area contributed by atoms with Crippen LogP contribution in [0, 0.1) is 5.92 Å². The lowest BCUT2D eigenvalue weighted by Crippen LogP contribution is -2.40. The van der Waals surface area contributed by atoms with Crippen LogP contribution in [-0.2, 0) is 16.4 Å². The van der Waals surface area contributed by atoms with Crippen molar-refractivity contribution in [2.75, 3.05) is 0 Å². The van der Waals surface area contributed by atoms with Crippen LogP contribution in [0.5, 0.6) is 0 Å². The van der Waals surface area contributed by atoms with Gasteiger partial charge in [-0.2, -0.15) is 0 Å². The number of thiazole rings is 1. The monoisotopic (exact) mass is 354 g/mol. The number of rotatable bonds is 4. The molecule has 18 heavy (non-hydrogen) atoms. The second kappa shape index (κ2) is 5.56. The number of nitrogens with zero attached hydrogens (tertiary/aromatic N) is 1. The molecule has 0 bridgehead atoms. The minimum absolute atomic E-state index is 0.257. The van der Waals surface area contributed by atoms with E-state index in [-0.39, 0.29) is 4.21 Å². The zero-order valence-corrected chi connectivity index (χ0v) is 14.5. The van der Waals surface area contributed by atoms with Gasteiger partial charge in [0.1, 0.15) is 4.60 Å². The fourth-order valence-electron chi connectivity index (χ4n) is 1.38. The fraction of sp³-hybridized carbons (Fsp3) is 0.727. The molecule has 104 valence electrons. The van der Waals surface area contributed by atoms with Crippen LogP contribution in [0.4, 0.5) is 0 Å². The van der Waals surface area contributed by atoms with Gasteiger partial charge in [0.2, 0.25) is 0 Å². The van der Waals surface area contributed by atoms with Crippen molar-refractivity contribution in [3.05, 3.63) is 9.61 Å². The Hall–Kier alpha value is 0.0200. The molecular weight excluding hydrogens is 336 g/mol. The molecule has 1 heterocycles. The molecule has 0 radical (unpaired) electrons. The molecule has 0 atom stereocenters. The molecule has 1 aromatic heterocycles. The van der Waals surface area contributed by atoms with E-state index < -0.39 is 15.6 Å². The summed E-state index contributed by atoms with van der Waals surface area (Å²) in [6.07, 6.45) is 0.786. The highest BCUT2D eigenvalue weighted by Gasteiger charge is 2.27. The average molecular weight is 355 g/mol. The Bertz CT molecular complexity index is 516. The van der Waals surface area contributed by atoms with E-state index in [0.29, 0.717) is 10.5 Å². The number of aromatic nitrogens is 1. The first-order chi connectivity index (χ1) is 8.01. The van der Waals surface area contributed by atoms with Gasteiger partial charge in [-0.3, -0.25) is 0 Å². The van der Waals surface area contributed by atoms with Crippen molar-refractivity contribution in [3.63, 3.8) is 0 Å². The van der Waals surface area contributed by atoms with E-state index in [1.54, 1.807) is 0 Å². The van der Waals surface area contributed by atoms with Gasteiger partial charge < -0.3 is 0 Å². The predicted octanol–water partition coefficient (Wildman–Crippen LogP) is 3.18. The molecule has 0 spiro atoms. The maximum Gasteiger partial charge on any atom is 0.253 e. The highest BCUT2D eigenvalue weighted by Crippen LogP contribution is 2.30. The van der Waals surface area contributed by atoms with Gasteiger partial charge in [0, 0.05) is 12.0 Å². The number of hydrogen-bond donors (Lipinski definition) is 1. The van der Waals surface area contributed by atoms with Gasteiger partial charge in [-0.25, -0.2) is 18.1 Å². The van der Waals surface area contributed by atoms with Crippen molar-refractivity contribution in [1.29, 1.82) is 0 Å². The number of nitrogens with one attached hydrogen (secondary N) is 1. The zero-order valence-electron chi connectivity index (χ0n) is 11.2. The van der Waals surface area contributed by atoms with Crippen LogP contribution in [0.25, 0.3) is 0 Å². The Morgan fingerprint density at radius 3 is 2.39 bits per heavy atom. The Morgan fingerprint density at radius 2 is 1.94 bits per heavy atom. The highest BCUT2D eigenvalue weighted by molar-refractivity contribution is 9.10. The van der Waals surface area contributed by atoms with Crippen LogP contribution in [0.1, 0.15) is 39.6 Å². The van der Waals surface area contributed by atoms with Crippen LogP contribution >= 0.6 is 27.3 Å². The fourth-order valence-corrected chi connectivity index (χ4v) is 5.51. The summed E-state index contributed by atoms with van der Waals surface area (Å²) in [7, 11) is -3.50. The first kappa shape index (κ1) is 16.1. The van der Waals surface area contributed by atoms with Gasteiger partial charge in [0.25, 0.3) is 10.0 Å². The standard InChI is InChI=1S/C11H19BrN2O2S2/c1-7(2)6-8-13-9(12)10(17-8)18(15,16)14-11(3,4)5/h7,14H,6H2,1-5H3. The second-order valence-electron chi connectivity index (χ2n) is 5.64. The van der Waals surface area contributed by atoms with Gasteiger partial charge in [0.05, 0.1) is 5.01 Å². The molecule has 0 saturated carbocycles. The van der Waals surface area contributed by atoms with Crippen molar-refractivity contribution in [3.8, 4) is 0 Å². The zero-order chi connectivity index (χ0) is 14.1. The third-order valence-corrected chi connectivity index (χ3v) is 6.31. The topological polar surface area (TPSA) is 59.1 Å². The van der Waals surface area contributed by atoms with Crippen molar-refractivity contribution < 1.29 is 8.42 Å². The molecule has 0 unspecified atom stereocenters. The summed E-state index contributed by atoms with van der Waals surface area (Å²) in [4.78, 5) is 4.26. The molecule has 0 aliphatic heterocycles. The van der Waals surface area contributed by atoms with E-state index in [1.165, 1.54) is 11.3 Å². The van der Waals surface area contributed by atoms with Gasteiger partial charge in [-0.05, 0) is 42.6 Å². The molecule has 4 nitrogen and oxygen atoms in total. The molecule has 0 aromatic carbocycles. The summed E-state index contributed by atoms with van der Waals surface area (Å²) in [5.41, 5.74) is -0.500. The lowest BCUT2D eigenvalue weighted by molar-refractivity contribution is 0.492. The van der Waals surface area contributed by atoms with Crippen molar-refractivity contribution in [2.24, 2.45) is 5.92 Å². The second-order valence-corrected chi connectivity index (χ2v) is 9.35. The molecule has 1 N–H and O–H groups in total. The predicted molar refractivity (Wildman–Crippen MR) is 78.4 cm³/mol. The number of sulfonamides is 1. The third-order valence-electron chi connectivity index (χ3n) is 1.87. The minimum Gasteiger partial charge on any atom is -0.233 e. The van der Waals surface area contributed by atoms with Crippen LogP contribution < -0.4 is 4.72 Å². The largest absolute Gasteiger partial charge is 0.253 e. The lowest BCUT2D eigenvalue weighted by Gasteiger charge is -2.19. The molecule has 0 saturated heterocycles. The average Bonchev–Trinajstić information content (AvgIpc) is 2.41. The van der Waals surface area contributed by atoms with E-state index in [2.05, 4.69) is 39.5 Å². The maximum atomic E-state index is 12.2. The van der Waals surface area contributed by atoms with Crippen LogP contribution in [-0.4, -0.2) is 18.9 Å². The van der Waals surface area contributed by atoms with Crippen LogP contribution in [0.15, 0.2) is 8.81 Å². The minimum atomic E-state index is -3.50. The van der Waals surface area contributed by atoms with Crippen LogP contribution in [0.2, 0.25) is 0 Å². The molecule has 7 heteroatoms. The van der Waals surface area contributed by atoms with E-state index >= 15 is 0 Å². The summed E-state index contributed by atoms with van der Waals surface area (Å²) in [5.74, 6) is 0.453. The lowest BCUT2D eigenvalue weighted by atomic mass is 10.1. The maximum absolute atomic E-state index is 12.2. The normalized spacial score (nSPS) is 13.3. The van der Waals surface area contributed by atoms with E-state index in [1.807, 2.05) is 20.8 Å². The molecule has 0 aliphatic carbocycles. The third kappa shape index (κ3) is 4.60. The first-order valence-corrected chi connectivity index (χ1v) is 8.80. The van der Waals surface area contributed by atoms with Crippen molar-refractivity contribution in [1.82, 2.24) is 9.71 Å². The van der Waals surface area contributed by atoms with Crippen LogP contribution in [0.3, 0.4) is 0 Å².